The Bertz CT molecular complexity index is 580. The third-order valence-corrected chi connectivity index (χ3v) is 4.86. The highest BCUT2D eigenvalue weighted by Gasteiger charge is 2.32. The Morgan fingerprint density at radius 1 is 1.29 bits per heavy atom. The fourth-order valence-electron chi connectivity index (χ4n) is 3.47. The summed E-state index contributed by atoms with van der Waals surface area (Å²) in [5, 5.41) is 7.30. The number of nitrogens with zero attached hydrogens (tertiary/aromatic N) is 1. The van der Waals surface area contributed by atoms with Gasteiger partial charge in [-0.1, -0.05) is 6.92 Å². The molecule has 0 saturated carbocycles. The van der Waals surface area contributed by atoms with Gasteiger partial charge in [-0.3, -0.25) is 4.90 Å². The summed E-state index contributed by atoms with van der Waals surface area (Å²) in [5.74, 6) is 1.57. The third kappa shape index (κ3) is 3.92. The van der Waals surface area contributed by atoms with Gasteiger partial charge in [0.05, 0.1) is 20.3 Å². The molecule has 1 aliphatic rings. The first-order valence-corrected chi connectivity index (χ1v) is 8.99. The van der Waals surface area contributed by atoms with Crippen molar-refractivity contribution in [2.45, 2.75) is 39.3 Å². The van der Waals surface area contributed by atoms with Gasteiger partial charge in [0.1, 0.15) is 0 Å². The van der Waals surface area contributed by atoms with Crippen molar-refractivity contribution in [1.29, 1.82) is 0 Å². The quantitative estimate of drug-likeness (QED) is 0.768. The predicted molar refractivity (Wildman–Crippen MR) is 102 cm³/mol. The molecule has 1 aliphatic heterocycles. The first-order valence-electron chi connectivity index (χ1n) is 8.58. The molecule has 0 aliphatic carbocycles. The van der Waals surface area contributed by atoms with Gasteiger partial charge in [-0.2, -0.15) is 0 Å². The smallest absolute Gasteiger partial charge is 0.166 e. The molecule has 134 valence electrons. The number of thiocarbonyl (C=S) groups is 1. The van der Waals surface area contributed by atoms with Crippen molar-refractivity contribution in [2.24, 2.45) is 0 Å². The van der Waals surface area contributed by atoms with Crippen LogP contribution < -0.4 is 20.1 Å². The lowest BCUT2D eigenvalue weighted by Crippen LogP contribution is -2.49. The molecule has 1 heterocycles. The van der Waals surface area contributed by atoms with E-state index in [4.69, 9.17) is 21.7 Å². The molecule has 0 unspecified atom stereocenters. The van der Waals surface area contributed by atoms with E-state index in [0.29, 0.717) is 5.11 Å². The molecular formula is C18H29N3O2S. The van der Waals surface area contributed by atoms with Crippen LogP contribution in [0.15, 0.2) is 12.1 Å². The molecule has 5 nitrogen and oxygen atoms in total. The van der Waals surface area contributed by atoms with Crippen molar-refractivity contribution < 1.29 is 9.47 Å². The fourth-order valence-corrected chi connectivity index (χ4v) is 3.80. The minimum atomic E-state index is 0.189. The van der Waals surface area contributed by atoms with E-state index in [0.717, 1.165) is 37.6 Å². The topological polar surface area (TPSA) is 45.8 Å². The predicted octanol–water partition coefficient (Wildman–Crippen LogP) is 2.50. The van der Waals surface area contributed by atoms with Gasteiger partial charge in [-0.15, -0.1) is 0 Å². The molecule has 0 radical (unpaired) electrons. The summed E-state index contributed by atoms with van der Waals surface area (Å²) in [7, 11) is 3.36. The van der Waals surface area contributed by atoms with E-state index in [2.05, 4.69) is 41.5 Å². The molecule has 6 heteroatoms. The molecule has 2 atom stereocenters. The van der Waals surface area contributed by atoms with Crippen LogP contribution in [0.4, 0.5) is 0 Å². The summed E-state index contributed by atoms with van der Waals surface area (Å²) in [6.07, 6.45) is 1.02. The van der Waals surface area contributed by atoms with Crippen LogP contribution in [0.3, 0.4) is 0 Å². The van der Waals surface area contributed by atoms with Gasteiger partial charge in [0, 0.05) is 19.1 Å². The van der Waals surface area contributed by atoms with Crippen LogP contribution in [0.1, 0.15) is 37.9 Å². The van der Waals surface area contributed by atoms with Crippen LogP contribution >= 0.6 is 12.2 Å². The van der Waals surface area contributed by atoms with E-state index < -0.39 is 0 Å². The van der Waals surface area contributed by atoms with E-state index >= 15 is 0 Å². The zero-order valence-corrected chi connectivity index (χ0v) is 16.1. The van der Waals surface area contributed by atoms with Crippen molar-refractivity contribution in [3.63, 3.8) is 0 Å². The maximum absolute atomic E-state index is 5.52. The summed E-state index contributed by atoms with van der Waals surface area (Å²) in [4.78, 5) is 2.49. The van der Waals surface area contributed by atoms with Crippen LogP contribution in [0.25, 0.3) is 0 Å². The number of rotatable bonds is 6. The molecular weight excluding hydrogens is 322 g/mol. The molecule has 24 heavy (non-hydrogen) atoms. The number of benzene rings is 1. The lowest BCUT2D eigenvalue weighted by molar-refractivity contribution is 0.166. The Labute approximate surface area is 150 Å². The average Bonchev–Trinajstić information content (AvgIpc) is 2.59. The lowest BCUT2D eigenvalue weighted by Gasteiger charge is -2.41. The normalized spacial score (nSPS) is 18.5. The molecule has 0 amide bonds. The Balaban J connectivity index is 2.37. The molecule has 0 saturated heterocycles. The van der Waals surface area contributed by atoms with Crippen molar-refractivity contribution in [3.8, 4) is 11.5 Å². The highest BCUT2D eigenvalue weighted by molar-refractivity contribution is 7.80. The van der Waals surface area contributed by atoms with Gasteiger partial charge in [0.2, 0.25) is 0 Å². The number of methoxy groups -OCH3 is 2. The first-order chi connectivity index (χ1) is 11.5. The number of hydrogen-bond acceptors (Lipinski definition) is 4. The Kier molecular flexibility index (Phi) is 6.69. The van der Waals surface area contributed by atoms with E-state index in [-0.39, 0.29) is 12.1 Å². The largest absolute Gasteiger partial charge is 0.493 e. The van der Waals surface area contributed by atoms with Crippen LogP contribution in [0.5, 0.6) is 11.5 Å². The molecule has 0 spiro atoms. The van der Waals surface area contributed by atoms with Gasteiger partial charge >= 0.3 is 0 Å². The summed E-state index contributed by atoms with van der Waals surface area (Å²) >= 11 is 5.38. The SMILES string of the molecule is CCNC(=S)N[C@@H](C)[C@H]1c2cc(OC)c(OC)cc2CCN1CC. The molecule has 2 rings (SSSR count). The number of ether oxygens (including phenoxy) is 2. The Hall–Kier alpha value is -1.53. The maximum atomic E-state index is 5.52. The van der Waals surface area contributed by atoms with E-state index in [1.54, 1.807) is 14.2 Å². The minimum absolute atomic E-state index is 0.189. The van der Waals surface area contributed by atoms with Gasteiger partial charge in [0.25, 0.3) is 0 Å². The van der Waals surface area contributed by atoms with E-state index in [1.165, 1.54) is 11.1 Å². The number of likely N-dealkylation sites (N-methyl/N-ethyl adjacent to an activating group) is 1. The molecule has 2 N–H and O–H groups in total. The van der Waals surface area contributed by atoms with Gasteiger partial charge in [-0.05, 0) is 62.3 Å². The van der Waals surface area contributed by atoms with Crippen molar-refractivity contribution in [3.05, 3.63) is 23.3 Å². The number of nitrogens with one attached hydrogen (secondary N) is 2. The summed E-state index contributed by atoms with van der Waals surface area (Å²) < 4.78 is 11.0. The number of fused-ring (bicyclic) bond motifs is 1. The molecule has 0 bridgehead atoms. The van der Waals surface area contributed by atoms with Crippen molar-refractivity contribution >= 4 is 17.3 Å². The van der Waals surface area contributed by atoms with Gasteiger partial charge in [0.15, 0.2) is 16.6 Å². The second kappa shape index (κ2) is 8.53. The first kappa shape index (κ1) is 18.8. The van der Waals surface area contributed by atoms with E-state index in [9.17, 15) is 0 Å². The minimum Gasteiger partial charge on any atom is -0.493 e. The highest BCUT2D eigenvalue weighted by atomic mass is 32.1. The number of hydrogen-bond donors (Lipinski definition) is 2. The van der Waals surface area contributed by atoms with Crippen LogP contribution in [0, 0.1) is 0 Å². The molecule has 0 fully saturated rings. The van der Waals surface area contributed by atoms with Crippen LogP contribution in [-0.4, -0.2) is 49.9 Å². The molecule has 0 aromatic heterocycles. The van der Waals surface area contributed by atoms with Crippen molar-refractivity contribution in [1.82, 2.24) is 15.5 Å². The van der Waals surface area contributed by atoms with Gasteiger partial charge < -0.3 is 20.1 Å². The molecule has 1 aromatic carbocycles. The average molecular weight is 352 g/mol. The maximum Gasteiger partial charge on any atom is 0.166 e. The fraction of sp³-hybridized carbons (Fsp3) is 0.611. The second-order valence-corrected chi connectivity index (χ2v) is 6.43. The molecule has 1 aromatic rings. The standard InChI is InChI=1S/C18H29N3O2S/c1-6-19-18(24)20-12(3)17-14-11-16(23-5)15(22-4)10-13(14)8-9-21(17)7-2/h10-12,17H,6-9H2,1-5H3,(H2,19,20,24)/t12-,17-/m0/s1. The van der Waals surface area contributed by atoms with Crippen LogP contribution in [-0.2, 0) is 6.42 Å². The van der Waals surface area contributed by atoms with E-state index in [1.807, 2.05) is 6.92 Å². The zero-order chi connectivity index (χ0) is 17.7. The second-order valence-electron chi connectivity index (χ2n) is 6.02. The Morgan fingerprint density at radius 2 is 1.96 bits per heavy atom. The third-order valence-electron chi connectivity index (χ3n) is 4.60. The highest BCUT2D eigenvalue weighted by Crippen LogP contribution is 2.39. The zero-order valence-electron chi connectivity index (χ0n) is 15.3. The summed E-state index contributed by atoms with van der Waals surface area (Å²) in [6.45, 7) is 9.28. The monoisotopic (exact) mass is 351 g/mol. The Morgan fingerprint density at radius 3 is 2.54 bits per heavy atom. The summed E-state index contributed by atoms with van der Waals surface area (Å²) in [5.41, 5.74) is 2.62. The van der Waals surface area contributed by atoms with Gasteiger partial charge in [-0.25, -0.2) is 0 Å². The van der Waals surface area contributed by atoms with Crippen LogP contribution in [0.2, 0.25) is 0 Å². The summed E-state index contributed by atoms with van der Waals surface area (Å²) in [6, 6.07) is 4.67. The lowest BCUT2D eigenvalue weighted by atomic mass is 9.88. The van der Waals surface area contributed by atoms with Crippen molar-refractivity contribution in [2.75, 3.05) is 33.9 Å².